The number of aliphatic hydroxyl groups is 1. The fourth-order valence-corrected chi connectivity index (χ4v) is 3.75. The van der Waals surface area contributed by atoms with Gasteiger partial charge in [0.15, 0.2) is 6.23 Å². The highest BCUT2D eigenvalue weighted by molar-refractivity contribution is 6.32. The normalized spacial score (nSPS) is 21.0. The zero-order valence-corrected chi connectivity index (χ0v) is 17.1. The number of aromatic nitrogens is 2. The van der Waals surface area contributed by atoms with Crippen LogP contribution in [0.1, 0.15) is 63.7 Å². The first-order chi connectivity index (χ1) is 13.5. The molecule has 0 radical (unpaired) electrons. The number of halogens is 1. The Kier molecular flexibility index (Phi) is 7.34. The summed E-state index contributed by atoms with van der Waals surface area (Å²) in [5.74, 6) is 0.999. The van der Waals surface area contributed by atoms with E-state index in [1.807, 2.05) is 25.2 Å². The number of aliphatic hydroxyl groups excluding tert-OH is 1. The number of aliphatic imine (C=N–C) groups is 1. The zero-order chi connectivity index (χ0) is 19.9. The number of nitrogens with one attached hydrogen (secondary N) is 1. The van der Waals surface area contributed by atoms with Gasteiger partial charge in [0.05, 0.1) is 28.5 Å². The Balaban J connectivity index is 1.58. The third kappa shape index (κ3) is 5.49. The number of nitrogens with two attached hydrogens (primary N) is 1. The number of rotatable bonds is 7. The SMILES string of the molecule is CC(/C=C\n1ncc(C(O)NC2=CCCC=C2Cl)c1N)N=CC1CCCCC1. The van der Waals surface area contributed by atoms with Gasteiger partial charge in [-0.1, -0.05) is 43.0 Å². The molecule has 1 heterocycles. The molecule has 3 rings (SSSR count). The molecule has 2 unspecified atom stereocenters. The van der Waals surface area contributed by atoms with Crippen molar-refractivity contribution < 1.29 is 5.11 Å². The van der Waals surface area contributed by atoms with Crippen molar-refractivity contribution in [3.8, 4) is 0 Å². The standard InChI is InChI=1S/C21H30ClN5O/c1-15(24-13-16-7-3-2-4-8-16)11-12-27-20(23)17(14-25-27)21(28)26-19-10-6-5-9-18(19)22/h9-16,21,26,28H,2-8,23H2,1H3/b12-11-,24-13?. The van der Waals surface area contributed by atoms with Crippen LogP contribution in [-0.4, -0.2) is 27.1 Å². The number of anilines is 1. The first-order valence-electron chi connectivity index (χ1n) is 10.1. The van der Waals surface area contributed by atoms with Crippen LogP contribution >= 0.6 is 11.6 Å². The minimum atomic E-state index is -0.976. The smallest absolute Gasteiger partial charge is 0.156 e. The van der Waals surface area contributed by atoms with Crippen molar-refractivity contribution in [1.29, 1.82) is 0 Å². The van der Waals surface area contributed by atoms with E-state index in [4.69, 9.17) is 17.3 Å². The molecule has 0 saturated heterocycles. The van der Waals surface area contributed by atoms with Crippen molar-refractivity contribution in [2.45, 2.75) is 64.1 Å². The average molecular weight is 404 g/mol. The van der Waals surface area contributed by atoms with Gasteiger partial charge in [0.2, 0.25) is 0 Å². The summed E-state index contributed by atoms with van der Waals surface area (Å²) in [6.07, 6.45) is 18.6. The molecule has 4 N–H and O–H groups in total. The molecular formula is C21H30ClN5O. The third-order valence-electron chi connectivity index (χ3n) is 5.23. The Morgan fingerprint density at radius 1 is 1.32 bits per heavy atom. The number of nitrogen functional groups attached to an aromatic ring is 1. The van der Waals surface area contributed by atoms with E-state index in [1.54, 1.807) is 17.1 Å². The van der Waals surface area contributed by atoms with Gasteiger partial charge in [0.1, 0.15) is 5.82 Å². The highest BCUT2D eigenvalue weighted by atomic mass is 35.5. The van der Waals surface area contributed by atoms with Gasteiger partial charge in [-0.15, -0.1) is 0 Å². The van der Waals surface area contributed by atoms with E-state index in [9.17, 15) is 5.11 Å². The van der Waals surface area contributed by atoms with Crippen LogP contribution in [0.2, 0.25) is 0 Å². The highest BCUT2D eigenvalue weighted by Gasteiger charge is 2.18. The molecule has 1 fully saturated rings. The minimum Gasteiger partial charge on any atom is -0.383 e. The summed E-state index contributed by atoms with van der Waals surface area (Å²) < 4.78 is 1.56. The summed E-state index contributed by atoms with van der Waals surface area (Å²) in [5, 5.41) is 18.3. The molecule has 2 aliphatic rings. The number of allylic oxidation sites excluding steroid dienone is 3. The Hall–Kier alpha value is -2.05. The van der Waals surface area contributed by atoms with Crippen molar-refractivity contribution in [1.82, 2.24) is 15.1 Å². The monoisotopic (exact) mass is 403 g/mol. The maximum atomic E-state index is 10.5. The summed E-state index contributed by atoms with van der Waals surface area (Å²) in [7, 11) is 0. The van der Waals surface area contributed by atoms with E-state index in [2.05, 4.69) is 21.6 Å². The lowest BCUT2D eigenvalue weighted by Crippen LogP contribution is -2.22. The van der Waals surface area contributed by atoms with Gasteiger partial charge < -0.3 is 16.2 Å². The topological polar surface area (TPSA) is 88.5 Å². The van der Waals surface area contributed by atoms with Crippen molar-refractivity contribution in [3.63, 3.8) is 0 Å². The molecule has 0 aromatic carbocycles. The minimum absolute atomic E-state index is 0.0494. The summed E-state index contributed by atoms with van der Waals surface area (Å²) in [5.41, 5.74) is 7.39. The summed E-state index contributed by atoms with van der Waals surface area (Å²) in [4.78, 5) is 4.64. The van der Waals surface area contributed by atoms with Gasteiger partial charge in [0, 0.05) is 12.4 Å². The Morgan fingerprint density at radius 3 is 2.82 bits per heavy atom. The molecule has 0 bridgehead atoms. The second-order valence-corrected chi connectivity index (χ2v) is 7.91. The average Bonchev–Trinajstić information content (AvgIpc) is 3.08. The second-order valence-electron chi connectivity index (χ2n) is 7.50. The van der Waals surface area contributed by atoms with Crippen LogP contribution in [0.3, 0.4) is 0 Å². The fraction of sp³-hybridized carbons (Fsp3) is 0.524. The Bertz CT molecular complexity index is 774. The molecule has 0 amide bonds. The van der Waals surface area contributed by atoms with E-state index in [-0.39, 0.29) is 6.04 Å². The maximum Gasteiger partial charge on any atom is 0.156 e. The zero-order valence-electron chi connectivity index (χ0n) is 16.4. The van der Waals surface area contributed by atoms with Crippen LogP contribution < -0.4 is 11.1 Å². The molecule has 2 aliphatic carbocycles. The predicted molar refractivity (Wildman–Crippen MR) is 116 cm³/mol. The number of hydrogen-bond acceptors (Lipinski definition) is 5. The Morgan fingerprint density at radius 2 is 2.07 bits per heavy atom. The van der Waals surface area contributed by atoms with E-state index < -0.39 is 6.23 Å². The molecule has 1 saturated carbocycles. The lowest BCUT2D eigenvalue weighted by atomic mass is 9.90. The summed E-state index contributed by atoms with van der Waals surface area (Å²) in [6, 6.07) is 0.0494. The van der Waals surface area contributed by atoms with E-state index in [0.29, 0.717) is 28.0 Å². The molecule has 28 heavy (non-hydrogen) atoms. The summed E-state index contributed by atoms with van der Waals surface area (Å²) in [6.45, 7) is 2.04. The van der Waals surface area contributed by atoms with Gasteiger partial charge in [-0.2, -0.15) is 5.10 Å². The largest absolute Gasteiger partial charge is 0.383 e. The van der Waals surface area contributed by atoms with Crippen molar-refractivity contribution in [3.05, 3.63) is 40.7 Å². The van der Waals surface area contributed by atoms with E-state index >= 15 is 0 Å². The molecular weight excluding hydrogens is 374 g/mol. The van der Waals surface area contributed by atoms with Crippen LogP contribution in [-0.2, 0) is 0 Å². The molecule has 1 aromatic heterocycles. The van der Waals surface area contributed by atoms with Gasteiger partial charge in [-0.05, 0) is 44.6 Å². The van der Waals surface area contributed by atoms with Gasteiger partial charge in [-0.25, -0.2) is 4.68 Å². The number of hydrogen-bond donors (Lipinski definition) is 3. The molecule has 6 nitrogen and oxygen atoms in total. The molecule has 7 heteroatoms. The second kappa shape index (κ2) is 9.94. The fourth-order valence-electron chi connectivity index (χ4n) is 3.51. The Labute approximate surface area is 171 Å². The van der Waals surface area contributed by atoms with Crippen LogP contribution in [0.25, 0.3) is 6.20 Å². The molecule has 2 atom stereocenters. The maximum absolute atomic E-state index is 10.5. The van der Waals surface area contributed by atoms with E-state index in [0.717, 1.165) is 12.8 Å². The van der Waals surface area contributed by atoms with Gasteiger partial charge in [0.25, 0.3) is 0 Å². The number of nitrogens with zero attached hydrogens (tertiary/aromatic N) is 3. The van der Waals surface area contributed by atoms with Crippen molar-refractivity contribution in [2.24, 2.45) is 10.9 Å². The molecule has 0 aliphatic heterocycles. The predicted octanol–water partition coefficient (Wildman–Crippen LogP) is 4.36. The van der Waals surface area contributed by atoms with E-state index in [1.165, 1.54) is 32.1 Å². The quantitative estimate of drug-likeness (QED) is 0.466. The molecule has 152 valence electrons. The van der Waals surface area contributed by atoms with Crippen LogP contribution in [0.4, 0.5) is 5.82 Å². The first kappa shape index (κ1) is 20.7. The van der Waals surface area contributed by atoms with Crippen LogP contribution in [0.15, 0.2) is 40.1 Å². The van der Waals surface area contributed by atoms with Crippen LogP contribution in [0, 0.1) is 5.92 Å². The van der Waals surface area contributed by atoms with Gasteiger partial charge >= 0.3 is 0 Å². The first-order valence-corrected chi connectivity index (χ1v) is 10.5. The lowest BCUT2D eigenvalue weighted by molar-refractivity contribution is 0.153. The van der Waals surface area contributed by atoms with Crippen molar-refractivity contribution >= 4 is 29.8 Å². The highest BCUT2D eigenvalue weighted by Crippen LogP contribution is 2.25. The lowest BCUT2D eigenvalue weighted by Gasteiger charge is -2.18. The van der Waals surface area contributed by atoms with Gasteiger partial charge in [-0.3, -0.25) is 4.99 Å². The summed E-state index contributed by atoms with van der Waals surface area (Å²) >= 11 is 6.17. The third-order valence-corrected chi connectivity index (χ3v) is 5.59. The van der Waals surface area contributed by atoms with Crippen LogP contribution in [0.5, 0.6) is 0 Å². The van der Waals surface area contributed by atoms with Crippen molar-refractivity contribution in [2.75, 3.05) is 5.73 Å². The molecule has 0 spiro atoms. The molecule has 1 aromatic rings.